The molecule has 1 N–H and O–H groups in total. The molecule has 0 spiro atoms. The zero-order chi connectivity index (χ0) is 12.6. The van der Waals surface area contributed by atoms with E-state index in [0.717, 1.165) is 24.8 Å². The molecule has 1 aromatic rings. The van der Waals surface area contributed by atoms with Gasteiger partial charge in [-0.1, -0.05) is 31.2 Å². The van der Waals surface area contributed by atoms with Crippen LogP contribution in [0.2, 0.25) is 0 Å². The van der Waals surface area contributed by atoms with Gasteiger partial charge in [0.1, 0.15) is 5.67 Å². The molecule has 0 aromatic heterocycles. The van der Waals surface area contributed by atoms with Gasteiger partial charge in [-0.25, -0.2) is 4.39 Å². The third-order valence-corrected chi connectivity index (χ3v) is 4.51. The number of alkyl halides is 1. The van der Waals surface area contributed by atoms with E-state index >= 15 is 0 Å². The summed E-state index contributed by atoms with van der Waals surface area (Å²) in [6.07, 6.45) is 5.34. The van der Waals surface area contributed by atoms with Crippen molar-refractivity contribution in [2.24, 2.45) is 0 Å². The standard InChI is InChI=1S/C16H22FN/c1-2-12-3-5-13(6-4-12)9-16(17)10-14-7-8-15(11-16)18-14/h3-6,14-15,18H,2,7-11H2,1H3. The molecule has 2 heterocycles. The first-order chi connectivity index (χ1) is 8.67. The Balaban J connectivity index is 1.70. The van der Waals surface area contributed by atoms with Gasteiger partial charge in [-0.05, 0) is 43.2 Å². The normalized spacial score (nSPS) is 34.8. The molecule has 2 fully saturated rings. The summed E-state index contributed by atoms with van der Waals surface area (Å²) < 4.78 is 14.9. The van der Waals surface area contributed by atoms with Crippen LogP contribution in [0.1, 0.15) is 43.7 Å². The number of nitrogens with one attached hydrogen (secondary N) is 1. The van der Waals surface area contributed by atoms with E-state index in [0.29, 0.717) is 31.3 Å². The monoisotopic (exact) mass is 247 g/mol. The van der Waals surface area contributed by atoms with Crippen LogP contribution >= 0.6 is 0 Å². The predicted octanol–water partition coefficient (Wildman–Crippen LogP) is 3.41. The zero-order valence-corrected chi connectivity index (χ0v) is 11.1. The highest BCUT2D eigenvalue weighted by molar-refractivity contribution is 5.24. The summed E-state index contributed by atoms with van der Waals surface area (Å²) in [5.74, 6) is 0. The van der Waals surface area contributed by atoms with Crippen molar-refractivity contribution in [1.29, 1.82) is 0 Å². The lowest BCUT2D eigenvalue weighted by molar-refractivity contribution is 0.0894. The second kappa shape index (κ2) is 4.65. The Bertz CT molecular complexity index is 400. The highest BCUT2D eigenvalue weighted by Gasteiger charge is 2.43. The number of fused-ring (bicyclic) bond motifs is 2. The minimum Gasteiger partial charge on any atom is -0.311 e. The van der Waals surface area contributed by atoms with Crippen LogP contribution in [-0.2, 0) is 12.8 Å². The molecule has 2 atom stereocenters. The summed E-state index contributed by atoms with van der Waals surface area (Å²) in [4.78, 5) is 0. The van der Waals surface area contributed by atoms with Crippen molar-refractivity contribution >= 4 is 0 Å². The van der Waals surface area contributed by atoms with Gasteiger partial charge >= 0.3 is 0 Å². The Morgan fingerprint density at radius 3 is 2.22 bits per heavy atom. The topological polar surface area (TPSA) is 12.0 Å². The molecule has 2 aliphatic heterocycles. The summed E-state index contributed by atoms with van der Waals surface area (Å²) in [5.41, 5.74) is 1.50. The molecule has 2 saturated heterocycles. The van der Waals surface area contributed by atoms with E-state index < -0.39 is 5.67 Å². The fraction of sp³-hybridized carbons (Fsp3) is 0.625. The molecule has 3 rings (SSSR count). The van der Waals surface area contributed by atoms with Crippen LogP contribution in [0.3, 0.4) is 0 Å². The van der Waals surface area contributed by atoms with Gasteiger partial charge in [-0.3, -0.25) is 0 Å². The Kier molecular flexibility index (Phi) is 3.14. The number of rotatable bonds is 3. The lowest BCUT2D eigenvalue weighted by Gasteiger charge is -2.35. The molecule has 2 unspecified atom stereocenters. The molecule has 98 valence electrons. The second-order valence-corrected chi connectivity index (χ2v) is 6.04. The lowest BCUT2D eigenvalue weighted by Crippen LogP contribution is -2.47. The van der Waals surface area contributed by atoms with Gasteiger partial charge < -0.3 is 5.32 Å². The van der Waals surface area contributed by atoms with Crippen LogP contribution in [0.4, 0.5) is 4.39 Å². The molecular weight excluding hydrogens is 225 g/mol. The Labute approximate surface area is 109 Å². The quantitative estimate of drug-likeness (QED) is 0.863. The molecule has 2 bridgehead atoms. The molecule has 0 saturated carbocycles. The van der Waals surface area contributed by atoms with Crippen molar-refractivity contribution in [2.45, 2.75) is 63.2 Å². The predicted molar refractivity (Wildman–Crippen MR) is 72.5 cm³/mol. The highest BCUT2D eigenvalue weighted by atomic mass is 19.1. The second-order valence-electron chi connectivity index (χ2n) is 6.04. The number of piperidine rings is 1. The molecule has 0 radical (unpaired) electrons. The van der Waals surface area contributed by atoms with Crippen LogP contribution in [0.25, 0.3) is 0 Å². The number of halogens is 1. The number of benzene rings is 1. The van der Waals surface area contributed by atoms with Crippen molar-refractivity contribution in [3.05, 3.63) is 35.4 Å². The average molecular weight is 247 g/mol. The molecule has 0 amide bonds. The molecule has 1 nitrogen and oxygen atoms in total. The Morgan fingerprint density at radius 2 is 1.67 bits per heavy atom. The molecule has 18 heavy (non-hydrogen) atoms. The van der Waals surface area contributed by atoms with E-state index in [-0.39, 0.29) is 0 Å². The summed E-state index contributed by atoms with van der Waals surface area (Å²) in [7, 11) is 0. The molecular formula is C16H22FN. The summed E-state index contributed by atoms with van der Waals surface area (Å²) in [6, 6.07) is 9.31. The summed E-state index contributed by atoms with van der Waals surface area (Å²) in [6.45, 7) is 2.15. The van der Waals surface area contributed by atoms with Crippen LogP contribution < -0.4 is 5.32 Å². The third kappa shape index (κ3) is 2.44. The molecule has 1 aromatic carbocycles. The van der Waals surface area contributed by atoms with Crippen molar-refractivity contribution in [1.82, 2.24) is 5.32 Å². The van der Waals surface area contributed by atoms with Gasteiger partial charge in [0.15, 0.2) is 0 Å². The number of hydrogen-bond donors (Lipinski definition) is 1. The maximum absolute atomic E-state index is 14.9. The van der Waals surface area contributed by atoms with Gasteiger partial charge in [-0.15, -0.1) is 0 Å². The van der Waals surface area contributed by atoms with E-state index in [1.165, 1.54) is 5.56 Å². The average Bonchev–Trinajstić information content (AvgIpc) is 2.70. The maximum atomic E-state index is 14.9. The van der Waals surface area contributed by atoms with Crippen molar-refractivity contribution in [3.8, 4) is 0 Å². The van der Waals surface area contributed by atoms with Crippen molar-refractivity contribution in [3.63, 3.8) is 0 Å². The van der Waals surface area contributed by atoms with Crippen molar-refractivity contribution in [2.75, 3.05) is 0 Å². The number of hydrogen-bond acceptors (Lipinski definition) is 1. The zero-order valence-electron chi connectivity index (χ0n) is 11.1. The summed E-state index contributed by atoms with van der Waals surface area (Å²) in [5, 5.41) is 3.51. The molecule has 0 aliphatic carbocycles. The van der Waals surface area contributed by atoms with E-state index in [9.17, 15) is 4.39 Å². The SMILES string of the molecule is CCc1ccc(CC2(F)CC3CCC(C2)N3)cc1. The Hall–Kier alpha value is -0.890. The van der Waals surface area contributed by atoms with Gasteiger partial charge in [-0.2, -0.15) is 0 Å². The fourth-order valence-electron chi connectivity index (χ4n) is 3.59. The minimum absolute atomic E-state index is 0.420. The smallest absolute Gasteiger partial charge is 0.118 e. The fourth-order valence-corrected chi connectivity index (χ4v) is 3.59. The van der Waals surface area contributed by atoms with E-state index in [2.05, 4.69) is 36.5 Å². The first-order valence-electron chi connectivity index (χ1n) is 7.20. The van der Waals surface area contributed by atoms with E-state index in [1.807, 2.05) is 0 Å². The molecule has 2 aliphatic rings. The van der Waals surface area contributed by atoms with Gasteiger partial charge in [0.2, 0.25) is 0 Å². The maximum Gasteiger partial charge on any atom is 0.118 e. The van der Waals surface area contributed by atoms with E-state index in [1.54, 1.807) is 0 Å². The third-order valence-electron chi connectivity index (χ3n) is 4.51. The first-order valence-corrected chi connectivity index (χ1v) is 7.20. The van der Waals surface area contributed by atoms with Gasteiger partial charge in [0, 0.05) is 18.5 Å². The Morgan fingerprint density at radius 1 is 1.11 bits per heavy atom. The van der Waals surface area contributed by atoms with Crippen LogP contribution in [-0.4, -0.2) is 17.8 Å². The van der Waals surface area contributed by atoms with Crippen LogP contribution in [0, 0.1) is 0 Å². The summed E-state index contributed by atoms with van der Waals surface area (Å²) >= 11 is 0. The van der Waals surface area contributed by atoms with Crippen LogP contribution in [0.5, 0.6) is 0 Å². The van der Waals surface area contributed by atoms with Gasteiger partial charge in [0.05, 0.1) is 0 Å². The first kappa shape index (κ1) is 12.2. The number of aryl methyl sites for hydroxylation is 1. The van der Waals surface area contributed by atoms with Gasteiger partial charge in [0.25, 0.3) is 0 Å². The largest absolute Gasteiger partial charge is 0.311 e. The van der Waals surface area contributed by atoms with Crippen molar-refractivity contribution < 1.29 is 4.39 Å². The highest BCUT2D eigenvalue weighted by Crippen LogP contribution is 2.38. The van der Waals surface area contributed by atoms with Crippen LogP contribution in [0.15, 0.2) is 24.3 Å². The minimum atomic E-state index is -0.981. The molecule has 2 heteroatoms. The lowest BCUT2D eigenvalue weighted by atomic mass is 9.84. The van der Waals surface area contributed by atoms with E-state index in [4.69, 9.17) is 0 Å².